The first kappa shape index (κ1) is 14.7. The van der Waals surface area contributed by atoms with Crippen LogP contribution in [0.3, 0.4) is 0 Å². The smallest absolute Gasteiger partial charge is 0.241 e. The molecule has 2 aromatic rings. The van der Waals surface area contributed by atoms with Crippen LogP contribution in [0.25, 0.3) is 0 Å². The molecule has 0 radical (unpaired) electrons. The van der Waals surface area contributed by atoms with Crippen LogP contribution in [0.5, 0.6) is 0 Å². The van der Waals surface area contributed by atoms with Crippen LogP contribution in [-0.2, 0) is 10.0 Å². The predicted octanol–water partition coefficient (Wildman–Crippen LogP) is 2.01. The number of rotatable bonds is 5. The molecule has 106 valence electrons. The number of sulfonamides is 1. The van der Waals surface area contributed by atoms with Crippen LogP contribution in [0.2, 0.25) is 0 Å². The van der Waals surface area contributed by atoms with E-state index in [-0.39, 0.29) is 11.5 Å². The van der Waals surface area contributed by atoms with Gasteiger partial charge in [0.25, 0.3) is 0 Å². The highest BCUT2D eigenvalue weighted by molar-refractivity contribution is 7.89. The minimum atomic E-state index is -3.66. The van der Waals surface area contributed by atoms with Gasteiger partial charge >= 0.3 is 0 Å². The van der Waals surface area contributed by atoms with Crippen molar-refractivity contribution in [2.24, 2.45) is 0 Å². The largest absolute Gasteiger partial charge is 0.394 e. The summed E-state index contributed by atoms with van der Waals surface area (Å²) in [4.78, 5) is 0.231. The Morgan fingerprint density at radius 1 is 1.05 bits per heavy atom. The number of nitrogens with one attached hydrogen (secondary N) is 1. The molecule has 0 amide bonds. The zero-order valence-electron chi connectivity index (χ0n) is 11.2. The fraction of sp³-hybridized carbons (Fsp3) is 0.200. The summed E-state index contributed by atoms with van der Waals surface area (Å²) in [5.41, 5.74) is 1.40. The topological polar surface area (TPSA) is 66.4 Å². The lowest BCUT2D eigenvalue weighted by Crippen LogP contribution is -2.31. The van der Waals surface area contributed by atoms with Crippen molar-refractivity contribution in [3.63, 3.8) is 0 Å². The molecule has 2 N–H and O–H groups in total. The highest BCUT2D eigenvalue weighted by Gasteiger charge is 2.21. The van der Waals surface area contributed by atoms with E-state index in [1.54, 1.807) is 55.5 Å². The van der Waals surface area contributed by atoms with Crippen molar-refractivity contribution < 1.29 is 13.5 Å². The SMILES string of the molecule is Cc1ccccc1S(=O)(=O)N[C@H](CO)c1ccccc1. The lowest BCUT2D eigenvalue weighted by Gasteiger charge is -2.17. The highest BCUT2D eigenvalue weighted by Crippen LogP contribution is 2.19. The van der Waals surface area contributed by atoms with E-state index in [1.165, 1.54) is 0 Å². The van der Waals surface area contributed by atoms with Crippen LogP contribution >= 0.6 is 0 Å². The maximum absolute atomic E-state index is 12.4. The molecule has 0 saturated heterocycles. The molecule has 2 rings (SSSR count). The summed E-state index contributed by atoms with van der Waals surface area (Å²) in [5.74, 6) is 0. The Morgan fingerprint density at radius 2 is 1.65 bits per heavy atom. The zero-order valence-corrected chi connectivity index (χ0v) is 12.0. The Morgan fingerprint density at radius 3 is 2.25 bits per heavy atom. The van der Waals surface area contributed by atoms with Gasteiger partial charge < -0.3 is 5.11 Å². The third-order valence-corrected chi connectivity index (χ3v) is 4.70. The second kappa shape index (κ2) is 6.17. The third kappa shape index (κ3) is 3.25. The molecule has 2 aromatic carbocycles. The molecule has 1 atom stereocenters. The summed E-state index contributed by atoms with van der Waals surface area (Å²) in [6.07, 6.45) is 0. The lowest BCUT2D eigenvalue weighted by atomic mass is 10.1. The molecule has 0 saturated carbocycles. The normalized spacial score (nSPS) is 13.1. The second-order valence-electron chi connectivity index (χ2n) is 4.53. The minimum absolute atomic E-state index is 0.231. The second-order valence-corrected chi connectivity index (χ2v) is 6.22. The lowest BCUT2D eigenvalue weighted by molar-refractivity contribution is 0.259. The first-order chi connectivity index (χ1) is 9.54. The van der Waals surface area contributed by atoms with Crippen LogP contribution < -0.4 is 4.72 Å². The first-order valence-corrected chi connectivity index (χ1v) is 7.76. The van der Waals surface area contributed by atoms with Crippen LogP contribution in [0.1, 0.15) is 17.2 Å². The van der Waals surface area contributed by atoms with Gasteiger partial charge in [-0.2, -0.15) is 0 Å². The maximum Gasteiger partial charge on any atom is 0.241 e. The highest BCUT2D eigenvalue weighted by atomic mass is 32.2. The summed E-state index contributed by atoms with van der Waals surface area (Å²) in [5, 5.41) is 9.43. The Balaban J connectivity index is 2.30. The Bertz CT molecular complexity index is 669. The number of aryl methyl sites for hydroxylation is 1. The molecule has 5 heteroatoms. The summed E-state index contributed by atoms with van der Waals surface area (Å²) in [7, 11) is -3.66. The van der Waals surface area contributed by atoms with Crippen molar-refractivity contribution in [3.8, 4) is 0 Å². The van der Waals surface area contributed by atoms with Gasteiger partial charge in [0.2, 0.25) is 10.0 Å². The minimum Gasteiger partial charge on any atom is -0.394 e. The molecule has 0 aliphatic rings. The molecule has 0 aliphatic heterocycles. The van der Waals surface area contributed by atoms with Gasteiger partial charge in [-0.25, -0.2) is 13.1 Å². The van der Waals surface area contributed by atoms with Crippen molar-refractivity contribution in [2.45, 2.75) is 17.9 Å². The predicted molar refractivity (Wildman–Crippen MR) is 77.8 cm³/mol. The van der Waals surface area contributed by atoms with E-state index in [0.717, 1.165) is 5.56 Å². The van der Waals surface area contributed by atoms with Gasteiger partial charge in [0, 0.05) is 0 Å². The summed E-state index contributed by atoms with van der Waals surface area (Å²) in [6.45, 7) is 1.44. The van der Waals surface area contributed by atoms with Crippen molar-refractivity contribution in [1.82, 2.24) is 4.72 Å². The molecule has 0 spiro atoms. The van der Waals surface area contributed by atoms with Gasteiger partial charge in [0.1, 0.15) is 0 Å². The summed E-state index contributed by atoms with van der Waals surface area (Å²) < 4.78 is 27.3. The number of aliphatic hydroxyl groups is 1. The summed E-state index contributed by atoms with van der Waals surface area (Å²) >= 11 is 0. The van der Waals surface area contributed by atoms with E-state index >= 15 is 0 Å². The Labute approximate surface area is 119 Å². The van der Waals surface area contributed by atoms with E-state index in [9.17, 15) is 13.5 Å². The van der Waals surface area contributed by atoms with Crippen LogP contribution in [0, 0.1) is 6.92 Å². The Hall–Kier alpha value is -1.69. The molecular weight excluding hydrogens is 274 g/mol. The molecule has 0 fully saturated rings. The number of aliphatic hydroxyl groups excluding tert-OH is 1. The zero-order chi connectivity index (χ0) is 14.6. The van der Waals surface area contributed by atoms with Gasteiger partial charge in [-0.3, -0.25) is 0 Å². The van der Waals surface area contributed by atoms with Gasteiger partial charge in [-0.15, -0.1) is 0 Å². The molecule has 0 aliphatic carbocycles. The number of benzene rings is 2. The van der Waals surface area contributed by atoms with E-state index in [1.807, 2.05) is 6.07 Å². The van der Waals surface area contributed by atoms with E-state index < -0.39 is 16.1 Å². The molecule has 4 nitrogen and oxygen atoms in total. The molecule has 0 bridgehead atoms. The van der Waals surface area contributed by atoms with Crippen molar-refractivity contribution in [2.75, 3.05) is 6.61 Å². The standard InChI is InChI=1S/C15H17NO3S/c1-12-7-5-6-10-15(12)20(18,19)16-14(11-17)13-8-3-2-4-9-13/h2-10,14,16-17H,11H2,1H3/t14-/m1/s1. The van der Waals surface area contributed by atoms with Crippen molar-refractivity contribution in [3.05, 3.63) is 65.7 Å². The third-order valence-electron chi connectivity index (χ3n) is 3.07. The molecule has 0 heterocycles. The van der Waals surface area contributed by atoms with Crippen molar-refractivity contribution >= 4 is 10.0 Å². The molecule has 0 aromatic heterocycles. The molecule has 20 heavy (non-hydrogen) atoms. The average molecular weight is 291 g/mol. The van der Waals surface area contributed by atoms with Crippen molar-refractivity contribution in [1.29, 1.82) is 0 Å². The fourth-order valence-corrected chi connectivity index (χ4v) is 3.47. The Kier molecular flexibility index (Phi) is 4.54. The fourth-order valence-electron chi connectivity index (χ4n) is 2.00. The quantitative estimate of drug-likeness (QED) is 0.885. The maximum atomic E-state index is 12.4. The van der Waals surface area contributed by atoms with E-state index in [0.29, 0.717) is 5.56 Å². The van der Waals surface area contributed by atoms with Crippen LogP contribution in [-0.4, -0.2) is 20.1 Å². The molecule has 0 unspecified atom stereocenters. The average Bonchev–Trinajstić information content (AvgIpc) is 2.46. The van der Waals surface area contributed by atoms with Crippen LogP contribution in [0.15, 0.2) is 59.5 Å². The number of hydrogen-bond acceptors (Lipinski definition) is 3. The summed E-state index contributed by atoms with van der Waals surface area (Å²) in [6, 6.07) is 15.1. The van der Waals surface area contributed by atoms with E-state index in [4.69, 9.17) is 0 Å². The van der Waals surface area contributed by atoms with Gasteiger partial charge in [0.15, 0.2) is 0 Å². The monoisotopic (exact) mass is 291 g/mol. The van der Waals surface area contributed by atoms with E-state index in [2.05, 4.69) is 4.72 Å². The first-order valence-electron chi connectivity index (χ1n) is 6.28. The number of hydrogen-bond donors (Lipinski definition) is 2. The van der Waals surface area contributed by atoms with Gasteiger partial charge in [-0.1, -0.05) is 48.5 Å². The molecular formula is C15H17NO3S. The van der Waals surface area contributed by atoms with Gasteiger partial charge in [0.05, 0.1) is 17.5 Å². The van der Waals surface area contributed by atoms with Crippen LogP contribution in [0.4, 0.5) is 0 Å². The van der Waals surface area contributed by atoms with Gasteiger partial charge in [-0.05, 0) is 24.1 Å².